The highest BCUT2D eigenvalue weighted by Gasteiger charge is 2.10. The van der Waals surface area contributed by atoms with Crippen LogP contribution in [-0.4, -0.2) is 26.7 Å². The third-order valence-electron chi connectivity index (χ3n) is 1.91. The lowest BCUT2D eigenvalue weighted by Crippen LogP contribution is -2.22. The lowest BCUT2D eigenvalue weighted by Gasteiger charge is -2.12. The molecule has 88 valence electrons. The lowest BCUT2D eigenvalue weighted by atomic mass is 10.3. The number of nitrogens with zero attached hydrogens (tertiary/aromatic N) is 1. The van der Waals surface area contributed by atoms with Crippen molar-refractivity contribution in [3.05, 3.63) is 18.2 Å². The quantitative estimate of drug-likeness (QED) is 0.326. The molecule has 0 radical (unpaired) electrons. The molecule has 0 atom stereocenters. The molecule has 1 aromatic carbocycles. The molecule has 0 heterocycles. The van der Waals surface area contributed by atoms with Crippen LogP contribution in [0.3, 0.4) is 0 Å². The van der Waals surface area contributed by atoms with Gasteiger partial charge in [0.15, 0.2) is 17.3 Å². The summed E-state index contributed by atoms with van der Waals surface area (Å²) in [7, 11) is 3.09. The van der Waals surface area contributed by atoms with Crippen molar-refractivity contribution in [2.24, 2.45) is 16.7 Å². The molecule has 0 aliphatic rings. The Morgan fingerprint density at radius 2 is 1.94 bits per heavy atom. The van der Waals surface area contributed by atoms with Crippen molar-refractivity contribution in [3.8, 4) is 17.2 Å². The Kier molecular flexibility index (Phi) is 4.26. The van der Waals surface area contributed by atoms with Crippen LogP contribution in [0.5, 0.6) is 17.2 Å². The van der Waals surface area contributed by atoms with Gasteiger partial charge < -0.3 is 25.8 Å². The predicted molar refractivity (Wildman–Crippen MR) is 60.9 cm³/mol. The molecule has 0 aliphatic heterocycles. The fourth-order valence-corrected chi connectivity index (χ4v) is 1.16. The van der Waals surface area contributed by atoms with Gasteiger partial charge in [0.25, 0.3) is 0 Å². The number of nitrogens with two attached hydrogens (primary N) is 2. The van der Waals surface area contributed by atoms with Crippen molar-refractivity contribution in [3.63, 3.8) is 0 Å². The minimum absolute atomic E-state index is 0.0972. The van der Waals surface area contributed by atoms with Crippen LogP contribution in [0.15, 0.2) is 23.3 Å². The van der Waals surface area contributed by atoms with Gasteiger partial charge in [0.2, 0.25) is 5.75 Å². The van der Waals surface area contributed by atoms with Crippen molar-refractivity contribution in [1.82, 2.24) is 0 Å². The van der Waals surface area contributed by atoms with Gasteiger partial charge in [-0.15, -0.1) is 0 Å². The Bertz CT molecular complexity index is 380. The standard InChI is InChI=1S/C10H15N3O3/c1-14-7-4-3-5-8(10(7)15-2)16-6-9(11)13-12/h3-5H,6,12H2,1-2H3,(H2,11,13). The van der Waals surface area contributed by atoms with Gasteiger partial charge in [0.05, 0.1) is 14.2 Å². The summed E-state index contributed by atoms with van der Waals surface area (Å²) in [5.41, 5.74) is 5.41. The van der Waals surface area contributed by atoms with Crippen molar-refractivity contribution in [2.45, 2.75) is 0 Å². The van der Waals surface area contributed by atoms with Gasteiger partial charge in [-0.05, 0) is 12.1 Å². The first-order valence-electron chi connectivity index (χ1n) is 4.59. The highest BCUT2D eigenvalue weighted by Crippen LogP contribution is 2.36. The number of amidine groups is 1. The van der Waals surface area contributed by atoms with E-state index in [0.717, 1.165) is 0 Å². The van der Waals surface area contributed by atoms with Crippen LogP contribution in [0.2, 0.25) is 0 Å². The SMILES string of the molecule is COc1cccc(OC/C(N)=N/N)c1OC. The van der Waals surface area contributed by atoms with Gasteiger partial charge in [-0.25, -0.2) is 0 Å². The fourth-order valence-electron chi connectivity index (χ4n) is 1.16. The molecule has 0 saturated carbocycles. The fraction of sp³-hybridized carbons (Fsp3) is 0.300. The van der Waals surface area contributed by atoms with Gasteiger partial charge >= 0.3 is 0 Å². The summed E-state index contributed by atoms with van der Waals surface area (Å²) >= 11 is 0. The smallest absolute Gasteiger partial charge is 0.203 e. The van der Waals surface area contributed by atoms with Crippen molar-refractivity contribution < 1.29 is 14.2 Å². The van der Waals surface area contributed by atoms with Gasteiger partial charge in [-0.1, -0.05) is 6.07 Å². The molecule has 4 N–H and O–H groups in total. The van der Waals surface area contributed by atoms with E-state index in [1.165, 1.54) is 7.11 Å². The van der Waals surface area contributed by atoms with Crippen LogP contribution in [0.25, 0.3) is 0 Å². The van der Waals surface area contributed by atoms with Gasteiger partial charge in [0.1, 0.15) is 6.61 Å². The zero-order valence-electron chi connectivity index (χ0n) is 9.27. The van der Waals surface area contributed by atoms with E-state index in [0.29, 0.717) is 17.2 Å². The van der Waals surface area contributed by atoms with E-state index in [4.69, 9.17) is 25.8 Å². The minimum atomic E-state index is 0.0972. The molecule has 0 aromatic heterocycles. The highest BCUT2D eigenvalue weighted by atomic mass is 16.5. The average Bonchev–Trinajstić information content (AvgIpc) is 2.34. The maximum absolute atomic E-state index is 5.41. The summed E-state index contributed by atoms with van der Waals surface area (Å²) in [5, 5.41) is 3.30. The molecular formula is C10H15N3O3. The van der Waals surface area contributed by atoms with Crippen LogP contribution < -0.4 is 25.8 Å². The number of para-hydroxylation sites is 1. The summed E-state index contributed by atoms with van der Waals surface area (Å²) in [4.78, 5) is 0. The number of benzene rings is 1. The Hall–Kier alpha value is -2.11. The molecule has 0 spiro atoms. The third kappa shape index (κ3) is 2.69. The molecule has 6 heteroatoms. The number of ether oxygens (including phenoxy) is 3. The Balaban J connectivity index is 2.86. The number of rotatable bonds is 5. The Morgan fingerprint density at radius 1 is 1.25 bits per heavy atom. The Morgan fingerprint density at radius 3 is 2.50 bits per heavy atom. The van der Waals surface area contributed by atoms with Crippen molar-refractivity contribution >= 4 is 5.84 Å². The van der Waals surface area contributed by atoms with E-state index >= 15 is 0 Å². The molecule has 0 aliphatic carbocycles. The molecule has 0 saturated heterocycles. The van der Waals surface area contributed by atoms with Crippen molar-refractivity contribution in [1.29, 1.82) is 0 Å². The summed E-state index contributed by atoms with van der Waals surface area (Å²) in [6.07, 6.45) is 0. The van der Waals surface area contributed by atoms with Crippen LogP contribution in [0.1, 0.15) is 0 Å². The molecule has 0 unspecified atom stereocenters. The number of hydrogen-bond acceptors (Lipinski definition) is 5. The topological polar surface area (TPSA) is 92.1 Å². The molecule has 0 amide bonds. The van der Waals surface area contributed by atoms with Gasteiger partial charge in [0, 0.05) is 0 Å². The number of hydrogen-bond donors (Lipinski definition) is 2. The van der Waals surface area contributed by atoms with Crippen LogP contribution in [-0.2, 0) is 0 Å². The molecule has 16 heavy (non-hydrogen) atoms. The van der Waals surface area contributed by atoms with E-state index in [9.17, 15) is 0 Å². The first kappa shape index (κ1) is 12.0. The average molecular weight is 225 g/mol. The summed E-state index contributed by atoms with van der Waals surface area (Å²) < 4.78 is 15.7. The predicted octanol–water partition coefficient (Wildman–Crippen LogP) is 0.314. The van der Waals surface area contributed by atoms with Crippen molar-refractivity contribution in [2.75, 3.05) is 20.8 Å². The molecular weight excluding hydrogens is 210 g/mol. The van der Waals surface area contributed by atoms with Crippen LogP contribution >= 0.6 is 0 Å². The van der Waals surface area contributed by atoms with E-state index in [1.807, 2.05) is 0 Å². The summed E-state index contributed by atoms with van der Waals surface area (Å²) in [6.45, 7) is 0.0972. The van der Waals surface area contributed by atoms with E-state index < -0.39 is 0 Å². The molecule has 6 nitrogen and oxygen atoms in total. The lowest BCUT2D eigenvalue weighted by molar-refractivity contribution is 0.312. The molecule has 0 fully saturated rings. The maximum Gasteiger partial charge on any atom is 0.203 e. The number of methoxy groups -OCH3 is 2. The first-order valence-corrected chi connectivity index (χ1v) is 4.59. The first-order chi connectivity index (χ1) is 7.72. The van der Waals surface area contributed by atoms with Gasteiger partial charge in [-0.2, -0.15) is 5.10 Å². The molecule has 0 bridgehead atoms. The van der Waals surface area contributed by atoms with E-state index in [1.54, 1.807) is 25.3 Å². The minimum Gasteiger partial charge on any atom is -0.493 e. The normalized spacial score (nSPS) is 11.0. The monoisotopic (exact) mass is 225 g/mol. The molecule has 1 aromatic rings. The number of hydrazone groups is 1. The highest BCUT2D eigenvalue weighted by molar-refractivity contribution is 5.81. The van der Waals surface area contributed by atoms with Crippen LogP contribution in [0, 0.1) is 0 Å². The third-order valence-corrected chi connectivity index (χ3v) is 1.91. The molecule has 1 rings (SSSR count). The maximum atomic E-state index is 5.41. The summed E-state index contributed by atoms with van der Waals surface area (Å²) in [6, 6.07) is 5.30. The second-order valence-corrected chi connectivity index (χ2v) is 2.90. The van der Waals surface area contributed by atoms with Crippen LogP contribution in [0.4, 0.5) is 0 Å². The zero-order chi connectivity index (χ0) is 12.0. The zero-order valence-corrected chi connectivity index (χ0v) is 9.27. The Labute approximate surface area is 93.8 Å². The second-order valence-electron chi connectivity index (χ2n) is 2.90. The largest absolute Gasteiger partial charge is 0.493 e. The van der Waals surface area contributed by atoms with Gasteiger partial charge in [-0.3, -0.25) is 0 Å². The second kappa shape index (κ2) is 5.69. The van der Waals surface area contributed by atoms with E-state index in [2.05, 4.69) is 5.10 Å². The van der Waals surface area contributed by atoms with E-state index in [-0.39, 0.29) is 12.4 Å². The summed E-state index contributed by atoms with van der Waals surface area (Å²) in [5.74, 6) is 6.81.